The molecule has 4 aromatic rings. The normalized spacial score (nSPS) is 11.3. The van der Waals surface area contributed by atoms with Crippen LogP contribution in [-0.2, 0) is 0 Å². The van der Waals surface area contributed by atoms with E-state index in [1.807, 2.05) is 73.7 Å². The van der Waals surface area contributed by atoms with Gasteiger partial charge in [0.25, 0.3) is 0 Å². The van der Waals surface area contributed by atoms with Crippen LogP contribution in [0.15, 0.2) is 85.5 Å². The van der Waals surface area contributed by atoms with Gasteiger partial charge in [-0.25, -0.2) is 4.98 Å². The fourth-order valence-electron chi connectivity index (χ4n) is 3.22. The Morgan fingerprint density at radius 2 is 1.66 bits per heavy atom. The molecule has 0 radical (unpaired) electrons. The van der Waals surface area contributed by atoms with E-state index in [-0.39, 0.29) is 5.78 Å². The van der Waals surface area contributed by atoms with Crippen LogP contribution in [0.5, 0.6) is 11.5 Å². The van der Waals surface area contributed by atoms with Crippen LogP contribution in [0.25, 0.3) is 21.9 Å². The number of rotatable bonds is 9. The van der Waals surface area contributed by atoms with Gasteiger partial charge in [0.05, 0.1) is 22.4 Å². The Bertz CT molecular complexity index is 1220. The average molecular weight is 442 g/mol. The van der Waals surface area contributed by atoms with Crippen LogP contribution < -0.4 is 9.47 Å². The molecule has 0 aliphatic heterocycles. The maximum Gasteiger partial charge on any atom is 0.196 e. The van der Waals surface area contributed by atoms with E-state index in [1.54, 1.807) is 18.2 Å². The van der Waals surface area contributed by atoms with Crippen molar-refractivity contribution in [2.75, 3.05) is 13.2 Å². The molecule has 0 spiro atoms. The average Bonchev–Trinajstić information content (AvgIpc) is 3.26. The second kappa shape index (κ2) is 10.1. The molecule has 0 aliphatic carbocycles. The van der Waals surface area contributed by atoms with Crippen LogP contribution >= 0.6 is 11.3 Å². The summed E-state index contributed by atoms with van der Waals surface area (Å²) in [6.07, 6.45) is 3.59. The van der Waals surface area contributed by atoms with Gasteiger partial charge in [-0.05, 0) is 67.1 Å². The molecular formula is C27H23NO3S. The van der Waals surface area contributed by atoms with Crippen molar-refractivity contribution >= 4 is 39.0 Å². The number of nitrogens with zero attached hydrogens (tertiary/aromatic N) is 1. The molecule has 5 heteroatoms. The van der Waals surface area contributed by atoms with E-state index in [0.29, 0.717) is 29.4 Å². The maximum atomic E-state index is 13.5. The Labute approximate surface area is 191 Å². The predicted molar refractivity (Wildman–Crippen MR) is 132 cm³/mol. The molecule has 32 heavy (non-hydrogen) atoms. The number of aromatic nitrogens is 1. The summed E-state index contributed by atoms with van der Waals surface area (Å²) in [6, 6.07) is 22.7. The number of ketones is 1. The van der Waals surface area contributed by atoms with E-state index in [9.17, 15) is 4.79 Å². The van der Waals surface area contributed by atoms with Crippen LogP contribution in [0.3, 0.4) is 0 Å². The molecule has 0 bridgehead atoms. The zero-order chi connectivity index (χ0) is 22.3. The van der Waals surface area contributed by atoms with Crippen molar-refractivity contribution < 1.29 is 14.3 Å². The minimum absolute atomic E-state index is 0.0842. The smallest absolute Gasteiger partial charge is 0.196 e. The molecule has 4 rings (SSSR count). The molecule has 0 aliphatic rings. The zero-order valence-electron chi connectivity index (χ0n) is 17.8. The van der Waals surface area contributed by atoms with Crippen LogP contribution in [0.2, 0.25) is 0 Å². The number of allylic oxidation sites excluding steroid dienone is 1. The highest BCUT2D eigenvalue weighted by Crippen LogP contribution is 2.31. The minimum Gasteiger partial charge on any atom is -0.494 e. The quantitative estimate of drug-likeness (QED) is 0.165. The third-order valence-electron chi connectivity index (χ3n) is 4.76. The number of carbonyl (C=O) groups excluding carboxylic acids is 1. The van der Waals surface area contributed by atoms with E-state index < -0.39 is 0 Å². The van der Waals surface area contributed by atoms with Gasteiger partial charge >= 0.3 is 0 Å². The van der Waals surface area contributed by atoms with Crippen molar-refractivity contribution in [1.82, 2.24) is 4.98 Å². The van der Waals surface area contributed by atoms with E-state index in [0.717, 1.165) is 27.3 Å². The monoisotopic (exact) mass is 441 g/mol. The summed E-state index contributed by atoms with van der Waals surface area (Å²) >= 11 is 1.51. The fraction of sp³-hybridized carbons (Fsp3) is 0.111. The first kappa shape index (κ1) is 21.5. The molecule has 1 heterocycles. The SMILES string of the molecule is C=CCOc1ccc(C=C(C(=O)c2ccc(OCC)cc2)c2nc3ccccc3s2)cc1. The number of fused-ring (bicyclic) bond motifs is 1. The van der Waals surface area contributed by atoms with Crippen molar-refractivity contribution in [2.24, 2.45) is 0 Å². The number of hydrogen-bond donors (Lipinski definition) is 0. The van der Waals surface area contributed by atoms with Crippen LogP contribution in [0.4, 0.5) is 0 Å². The van der Waals surface area contributed by atoms with Crippen molar-refractivity contribution in [2.45, 2.75) is 6.92 Å². The molecule has 0 saturated carbocycles. The Morgan fingerprint density at radius 1 is 0.969 bits per heavy atom. The molecule has 0 N–H and O–H groups in total. The molecule has 0 unspecified atom stereocenters. The van der Waals surface area contributed by atoms with Gasteiger partial charge in [0.1, 0.15) is 23.1 Å². The van der Waals surface area contributed by atoms with E-state index in [1.165, 1.54) is 11.3 Å². The Hall–Kier alpha value is -3.70. The van der Waals surface area contributed by atoms with Crippen LogP contribution in [0.1, 0.15) is 27.9 Å². The summed E-state index contributed by atoms with van der Waals surface area (Å²) in [7, 11) is 0. The predicted octanol–water partition coefficient (Wildman–Crippen LogP) is 6.68. The van der Waals surface area contributed by atoms with Gasteiger partial charge in [-0.1, -0.05) is 36.9 Å². The standard InChI is InChI=1S/C27H23NO3S/c1-3-17-31-22-13-9-19(10-14-22)18-23(27-28-24-7-5-6-8-25(24)32-27)26(29)20-11-15-21(16-12-20)30-4-2/h3,5-16,18H,1,4,17H2,2H3. The minimum atomic E-state index is -0.0842. The molecule has 0 fully saturated rings. The number of carbonyl (C=O) groups is 1. The number of benzene rings is 3. The summed E-state index contributed by atoms with van der Waals surface area (Å²) < 4.78 is 12.1. The second-order valence-electron chi connectivity index (χ2n) is 7.00. The Kier molecular flexibility index (Phi) is 6.78. The Balaban J connectivity index is 1.73. The van der Waals surface area contributed by atoms with E-state index in [2.05, 4.69) is 6.58 Å². The number of Topliss-reactive ketones (excluding diaryl/α,β-unsaturated/α-hetero) is 1. The lowest BCUT2D eigenvalue weighted by Crippen LogP contribution is -2.03. The largest absolute Gasteiger partial charge is 0.494 e. The number of ether oxygens (including phenoxy) is 2. The van der Waals surface area contributed by atoms with Crippen molar-refractivity contribution in [3.05, 3.63) is 102 Å². The third kappa shape index (κ3) is 4.95. The highest BCUT2D eigenvalue weighted by Gasteiger charge is 2.19. The highest BCUT2D eigenvalue weighted by molar-refractivity contribution is 7.20. The summed E-state index contributed by atoms with van der Waals surface area (Å²) in [6.45, 7) is 6.62. The fourth-order valence-corrected chi connectivity index (χ4v) is 4.20. The summed E-state index contributed by atoms with van der Waals surface area (Å²) in [5, 5.41) is 0.692. The van der Waals surface area contributed by atoms with E-state index >= 15 is 0 Å². The summed E-state index contributed by atoms with van der Waals surface area (Å²) in [4.78, 5) is 18.3. The van der Waals surface area contributed by atoms with Gasteiger partial charge in [-0.2, -0.15) is 0 Å². The van der Waals surface area contributed by atoms with Gasteiger partial charge in [0, 0.05) is 5.56 Å². The molecule has 1 aromatic heterocycles. The lowest BCUT2D eigenvalue weighted by atomic mass is 10.0. The van der Waals surface area contributed by atoms with Crippen molar-refractivity contribution in [3.8, 4) is 11.5 Å². The summed E-state index contributed by atoms with van der Waals surface area (Å²) in [5.74, 6) is 1.41. The van der Waals surface area contributed by atoms with Gasteiger partial charge in [-0.15, -0.1) is 11.3 Å². The molecule has 4 nitrogen and oxygen atoms in total. The number of para-hydroxylation sites is 1. The molecule has 160 valence electrons. The van der Waals surface area contributed by atoms with Gasteiger partial charge in [0.2, 0.25) is 0 Å². The molecule has 0 saturated heterocycles. The Morgan fingerprint density at radius 3 is 2.34 bits per heavy atom. The summed E-state index contributed by atoms with van der Waals surface area (Å²) in [5.41, 5.74) is 2.91. The van der Waals surface area contributed by atoms with Gasteiger partial charge < -0.3 is 9.47 Å². The first-order valence-electron chi connectivity index (χ1n) is 10.4. The molecule has 0 atom stereocenters. The second-order valence-corrected chi connectivity index (χ2v) is 8.03. The van der Waals surface area contributed by atoms with Gasteiger partial charge in [0.15, 0.2) is 5.78 Å². The molecule has 0 amide bonds. The lowest BCUT2D eigenvalue weighted by molar-refractivity contribution is 0.105. The molecule has 3 aromatic carbocycles. The van der Waals surface area contributed by atoms with E-state index in [4.69, 9.17) is 14.5 Å². The first-order chi connectivity index (χ1) is 15.7. The lowest BCUT2D eigenvalue weighted by Gasteiger charge is -2.07. The topological polar surface area (TPSA) is 48.4 Å². The molecular weight excluding hydrogens is 418 g/mol. The number of thiazole rings is 1. The number of hydrogen-bond acceptors (Lipinski definition) is 5. The third-order valence-corrected chi connectivity index (χ3v) is 5.83. The maximum absolute atomic E-state index is 13.5. The highest BCUT2D eigenvalue weighted by atomic mass is 32.1. The van der Waals surface area contributed by atoms with Crippen molar-refractivity contribution in [3.63, 3.8) is 0 Å². The zero-order valence-corrected chi connectivity index (χ0v) is 18.6. The first-order valence-corrected chi connectivity index (χ1v) is 11.2. The van der Waals surface area contributed by atoms with Gasteiger partial charge in [-0.3, -0.25) is 4.79 Å². The van der Waals surface area contributed by atoms with Crippen molar-refractivity contribution in [1.29, 1.82) is 0 Å². The van der Waals surface area contributed by atoms with Crippen LogP contribution in [-0.4, -0.2) is 24.0 Å². The van der Waals surface area contributed by atoms with Crippen LogP contribution in [0, 0.1) is 0 Å².